The van der Waals surface area contributed by atoms with Crippen LogP contribution in [0.15, 0.2) is 12.2 Å². The van der Waals surface area contributed by atoms with Crippen LogP contribution in [-0.4, -0.2) is 62.1 Å². The lowest BCUT2D eigenvalue weighted by atomic mass is 9.78. The first-order valence-electron chi connectivity index (χ1n) is 6.80. The fourth-order valence-corrected chi connectivity index (χ4v) is 2.34. The molecule has 0 aromatic carbocycles. The van der Waals surface area contributed by atoms with Crippen molar-refractivity contribution in [3.05, 3.63) is 12.2 Å². The third-order valence-corrected chi connectivity index (χ3v) is 3.47. The van der Waals surface area contributed by atoms with Gasteiger partial charge in [0.1, 0.15) is 0 Å². The van der Waals surface area contributed by atoms with Crippen molar-refractivity contribution < 1.29 is 9.53 Å². The summed E-state index contributed by atoms with van der Waals surface area (Å²) < 4.78 is 5.21. The fourth-order valence-electron chi connectivity index (χ4n) is 2.34. The number of likely N-dealkylation sites (N-methyl/N-ethyl adjacent to an activating group) is 1. The molecule has 0 N–H and O–H groups in total. The zero-order valence-corrected chi connectivity index (χ0v) is 12.2. The van der Waals surface area contributed by atoms with Gasteiger partial charge in [0.05, 0.1) is 13.2 Å². The van der Waals surface area contributed by atoms with Crippen LogP contribution in [0.3, 0.4) is 0 Å². The maximum atomic E-state index is 11.8. The van der Waals surface area contributed by atoms with Crippen LogP contribution in [0.2, 0.25) is 0 Å². The minimum absolute atomic E-state index is 0.0632. The van der Waals surface area contributed by atoms with E-state index in [1.54, 1.807) is 4.90 Å². The molecule has 0 aromatic rings. The summed E-state index contributed by atoms with van der Waals surface area (Å²) in [6.45, 7) is 15.1. The van der Waals surface area contributed by atoms with Gasteiger partial charge in [-0.3, -0.25) is 9.69 Å². The molecule has 0 bridgehead atoms. The van der Waals surface area contributed by atoms with E-state index in [0.717, 1.165) is 32.8 Å². The molecule has 4 heteroatoms. The molecular formula is C14H26N2O2. The molecule has 2 fully saturated rings. The summed E-state index contributed by atoms with van der Waals surface area (Å²) in [7, 11) is 1.81. The molecule has 104 valence electrons. The van der Waals surface area contributed by atoms with E-state index in [0.29, 0.717) is 17.5 Å². The molecule has 0 aromatic heterocycles. The Morgan fingerprint density at radius 1 is 1.39 bits per heavy atom. The van der Waals surface area contributed by atoms with Crippen molar-refractivity contribution >= 4 is 5.91 Å². The Morgan fingerprint density at radius 2 is 1.94 bits per heavy atom. The van der Waals surface area contributed by atoms with Crippen molar-refractivity contribution in [2.45, 2.75) is 20.8 Å². The molecule has 4 nitrogen and oxygen atoms in total. The third kappa shape index (κ3) is 3.12. The smallest absolute Gasteiger partial charge is 0.250 e. The lowest BCUT2D eigenvalue weighted by Gasteiger charge is -2.55. The zero-order chi connectivity index (χ0) is 13.8. The molecule has 0 atom stereocenters. The second-order valence-corrected chi connectivity index (χ2v) is 5.06. The van der Waals surface area contributed by atoms with E-state index in [4.69, 9.17) is 4.74 Å². The second-order valence-electron chi connectivity index (χ2n) is 5.06. The second kappa shape index (κ2) is 6.34. The summed E-state index contributed by atoms with van der Waals surface area (Å²) in [6.07, 6.45) is 0. The molecule has 1 amide bonds. The SMILES string of the molecule is C=C(CN1CC2(COC2)C1)C(=O)N(C)CC.CC. The van der Waals surface area contributed by atoms with Gasteiger partial charge in [0.15, 0.2) is 0 Å². The van der Waals surface area contributed by atoms with E-state index in [-0.39, 0.29) is 5.91 Å². The standard InChI is InChI=1S/C12H20N2O2.C2H6/c1-4-13(3)11(15)10(2)5-14-6-12(7-14)8-16-9-12;1-2/h2,4-9H2,1,3H3;1-2H3. The van der Waals surface area contributed by atoms with Gasteiger partial charge in [0.25, 0.3) is 0 Å². The van der Waals surface area contributed by atoms with Crippen molar-refractivity contribution in [2.75, 3.05) is 46.4 Å². The lowest BCUT2D eigenvalue weighted by molar-refractivity contribution is -0.186. The highest BCUT2D eigenvalue weighted by molar-refractivity contribution is 5.93. The highest BCUT2D eigenvalue weighted by atomic mass is 16.5. The first-order valence-corrected chi connectivity index (χ1v) is 6.80. The maximum Gasteiger partial charge on any atom is 0.250 e. The molecule has 2 saturated heterocycles. The molecule has 2 aliphatic heterocycles. The molecule has 0 unspecified atom stereocenters. The first-order chi connectivity index (χ1) is 8.56. The van der Waals surface area contributed by atoms with Crippen LogP contribution in [-0.2, 0) is 9.53 Å². The van der Waals surface area contributed by atoms with Crippen LogP contribution >= 0.6 is 0 Å². The molecule has 2 heterocycles. The summed E-state index contributed by atoms with van der Waals surface area (Å²) >= 11 is 0. The molecule has 2 aliphatic rings. The molecule has 1 spiro atoms. The number of carbonyl (C=O) groups excluding carboxylic acids is 1. The van der Waals surface area contributed by atoms with Crippen molar-refractivity contribution in [1.29, 1.82) is 0 Å². The first kappa shape index (κ1) is 15.2. The average Bonchev–Trinajstić information content (AvgIpc) is 2.31. The van der Waals surface area contributed by atoms with Crippen LogP contribution in [0.1, 0.15) is 20.8 Å². The quantitative estimate of drug-likeness (QED) is 0.711. The highest BCUT2D eigenvalue weighted by Gasteiger charge is 2.48. The van der Waals surface area contributed by atoms with Gasteiger partial charge in [-0.25, -0.2) is 0 Å². The van der Waals surface area contributed by atoms with Gasteiger partial charge in [0.2, 0.25) is 5.91 Å². The van der Waals surface area contributed by atoms with E-state index in [1.165, 1.54) is 0 Å². The normalized spacial score (nSPS) is 20.2. The minimum atomic E-state index is 0.0632. The van der Waals surface area contributed by atoms with Gasteiger partial charge in [0, 0.05) is 44.2 Å². The Morgan fingerprint density at radius 3 is 2.33 bits per heavy atom. The molecule has 0 radical (unpaired) electrons. The number of ether oxygens (including phenoxy) is 1. The Balaban J connectivity index is 0.000000771. The Kier molecular flexibility index (Phi) is 5.35. The van der Waals surface area contributed by atoms with Crippen molar-refractivity contribution in [3.8, 4) is 0 Å². The minimum Gasteiger partial charge on any atom is -0.380 e. The predicted molar refractivity (Wildman–Crippen MR) is 73.5 cm³/mol. The summed E-state index contributed by atoms with van der Waals surface area (Å²) in [4.78, 5) is 15.7. The summed E-state index contributed by atoms with van der Waals surface area (Å²) in [6, 6.07) is 0. The lowest BCUT2D eigenvalue weighted by Crippen LogP contribution is -2.66. The van der Waals surface area contributed by atoms with Crippen LogP contribution in [0.25, 0.3) is 0 Å². The van der Waals surface area contributed by atoms with E-state index in [1.807, 2.05) is 27.8 Å². The third-order valence-electron chi connectivity index (χ3n) is 3.47. The van der Waals surface area contributed by atoms with Crippen LogP contribution < -0.4 is 0 Å². The van der Waals surface area contributed by atoms with E-state index in [9.17, 15) is 4.79 Å². The number of carbonyl (C=O) groups is 1. The monoisotopic (exact) mass is 254 g/mol. The van der Waals surface area contributed by atoms with Gasteiger partial charge in [-0.05, 0) is 6.92 Å². The topological polar surface area (TPSA) is 32.8 Å². The highest BCUT2D eigenvalue weighted by Crippen LogP contribution is 2.37. The molecule has 18 heavy (non-hydrogen) atoms. The molecule has 2 rings (SSSR count). The van der Waals surface area contributed by atoms with Crippen molar-refractivity contribution in [1.82, 2.24) is 9.80 Å². The maximum absolute atomic E-state index is 11.8. The number of amides is 1. The average molecular weight is 254 g/mol. The number of hydrogen-bond donors (Lipinski definition) is 0. The van der Waals surface area contributed by atoms with Gasteiger partial charge >= 0.3 is 0 Å². The number of rotatable bonds is 4. The van der Waals surface area contributed by atoms with Gasteiger partial charge in [-0.2, -0.15) is 0 Å². The van der Waals surface area contributed by atoms with E-state index < -0.39 is 0 Å². The van der Waals surface area contributed by atoms with Crippen LogP contribution in [0, 0.1) is 5.41 Å². The van der Waals surface area contributed by atoms with Gasteiger partial charge in [-0.1, -0.05) is 20.4 Å². The Hall–Kier alpha value is -0.870. The Bertz CT molecular complexity index is 303. The number of nitrogens with zero attached hydrogens (tertiary/aromatic N) is 2. The Labute approximate surface area is 111 Å². The van der Waals surface area contributed by atoms with Gasteiger partial charge in [-0.15, -0.1) is 0 Å². The predicted octanol–water partition coefficient (Wildman–Crippen LogP) is 1.38. The van der Waals surface area contributed by atoms with Crippen LogP contribution in [0.4, 0.5) is 0 Å². The van der Waals surface area contributed by atoms with E-state index >= 15 is 0 Å². The number of likely N-dealkylation sites (tertiary alicyclic amines) is 1. The van der Waals surface area contributed by atoms with E-state index in [2.05, 4.69) is 11.5 Å². The largest absolute Gasteiger partial charge is 0.380 e. The molecule has 0 saturated carbocycles. The molecule has 0 aliphatic carbocycles. The summed E-state index contributed by atoms with van der Waals surface area (Å²) in [5, 5.41) is 0. The summed E-state index contributed by atoms with van der Waals surface area (Å²) in [5.41, 5.74) is 1.11. The van der Waals surface area contributed by atoms with Crippen molar-refractivity contribution in [3.63, 3.8) is 0 Å². The zero-order valence-electron chi connectivity index (χ0n) is 12.2. The van der Waals surface area contributed by atoms with Crippen LogP contribution in [0.5, 0.6) is 0 Å². The van der Waals surface area contributed by atoms with Gasteiger partial charge < -0.3 is 9.64 Å². The summed E-state index contributed by atoms with van der Waals surface area (Å²) in [5.74, 6) is 0.0632. The van der Waals surface area contributed by atoms with Crippen molar-refractivity contribution in [2.24, 2.45) is 5.41 Å². The number of hydrogen-bond acceptors (Lipinski definition) is 3. The fraction of sp³-hybridized carbons (Fsp3) is 0.786. The molecular weight excluding hydrogens is 228 g/mol.